The molecule has 0 bridgehead atoms. The molecule has 1 N–H and O–H groups in total. The fourth-order valence-electron chi connectivity index (χ4n) is 1.72. The summed E-state index contributed by atoms with van der Waals surface area (Å²) in [6, 6.07) is 8.62. The average molecular weight is 249 g/mol. The van der Waals surface area contributed by atoms with Crippen molar-refractivity contribution in [1.29, 1.82) is 0 Å². The van der Waals surface area contributed by atoms with Gasteiger partial charge in [0, 0.05) is 13.0 Å². The molecular weight excluding hydrogens is 226 g/mol. The molecule has 0 saturated heterocycles. The fraction of sp³-hybridized carbons (Fsp3) is 0.533. The minimum absolute atomic E-state index is 0.105. The zero-order valence-corrected chi connectivity index (χ0v) is 11.4. The average Bonchev–Trinajstić information content (AvgIpc) is 2.39. The van der Waals surface area contributed by atoms with Crippen LogP contribution in [0.25, 0.3) is 0 Å². The molecule has 3 heteroatoms. The van der Waals surface area contributed by atoms with Crippen LogP contribution in [0.3, 0.4) is 0 Å². The van der Waals surface area contributed by atoms with Gasteiger partial charge in [-0.15, -0.1) is 0 Å². The zero-order valence-electron chi connectivity index (χ0n) is 11.4. The van der Waals surface area contributed by atoms with E-state index in [-0.39, 0.29) is 5.97 Å². The first kappa shape index (κ1) is 14.7. The molecule has 18 heavy (non-hydrogen) atoms. The van der Waals surface area contributed by atoms with E-state index in [9.17, 15) is 4.79 Å². The van der Waals surface area contributed by atoms with Crippen molar-refractivity contribution in [2.75, 3.05) is 13.2 Å². The van der Waals surface area contributed by atoms with Gasteiger partial charge in [0.25, 0.3) is 0 Å². The van der Waals surface area contributed by atoms with Crippen molar-refractivity contribution in [3.05, 3.63) is 35.4 Å². The summed E-state index contributed by atoms with van der Waals surface area (Å²) >= 11 is 0. The molecule has 0 heterocycles. The Morgan fingerprint density at radius 2 is 1.83 bits per heavy atom. The van der Waals surface area contributed by atoms with E-state index in [1.165, 1.54) is 11.1 Å². The maximum Gasteiger partial charge on any atom is 0.305 e. The fourth-order valence-corrected chi connectivity index (χ4v) is 1.72. The van der Waals surface area contributed by atoms with Gasteiger partial charge in [-0.05, 0) is 37.4 Å². The molecule has 1 aromatic rings. The van der Waals surface area contributed by atoms with E-state index in [0.717, 1.165) is 25.9 Å². The van der Waals surface area contributed by atoms with Crippen molar-refractivity contribution in [2.24, 2.45) is 0 Å². The van der Waals surface area contributed by atoms with Crippen molar-refractivity contribution in [2.45, 2.75) is 39.7 Å². The molecule has 0 aliphatic rings. The SMILES string of the molecule is CCOC(=O)CCCNCc1ccc(CC)cc1. The maximum atomic E-state index is 11.1. The van der Waals surface area contributed by atoms with Gasteiger partial charge in [-0.1, -0.05) is 31.2 Å². The second-order valence-corrected chi connectivity index (χ2v) is 4.26. The van der Waals surface area contributed by atoms with Crippen molar-refractivity contribution in [3.63, 3.8) is 0 Å². The summed E-state index contributed by atoms with van der Waals surface area (Å²) in [5.41, 5.74) is 2.64. The highest BCUT2D eigenvalue weighted by Gasteiger charge is 2.00. The highest BCUT2D eigenvalue weighted by atomic mass is 16.5. The predicted octanol–water partition coefficient (Wildman–Crippen LogP) is 2.68. The van der Waals surface area contributed by atoms with Crippen LogP contribution in [0.4, 0.5) is 0 Å². The summed E-state index contributed by atoms with van der Waals surface area (Å²) in [5.74, 6) is -0.105. The molecule has 3 nitrogen and oxygen atoms in total. The van der Waals surface area contributed by atoms with Gasteiger partial charge in [0.05, 0.1) is 6.61 Å². The Balaban J connectivity index is 2.12. The standard InChI is InChI=1S/C15H23NO2/c1-3-13-7-9-14(10-8-13)12-16-11-5-6-15(17)18-4-2/h7-10,16H,3-6,11-12H2,1-2H3. The van der Waals surface area contributed by atoms with E-state index in [1.54, 1.807) is 0 Å². The van der Waals surface area contributed by atoms with Crippen LogP contribution < -0.4 is 5.32 Å². The highest BCUT2D eigenvalue weighted by Crippen LogP contribution is 2.04. The number of carbonyl (C=O) groups is 1. The number of benzene rings is 1. The minimum Gasteiger partial charge on any atom is -0.466 e. The molecule has 0 amide bonds. The number of hydrogen-bond acceptors (Lipinski definition) is 3. The third kappa shape index (κ3) is 5.82. The Kier molecular flexibility index (Phi) is 7.11. The number of rotatable bonds is 8. The van der Waals surface area contributed by atoms with Crippen molar-refractivity contribution >= 4 is 5.97 Å². The minimum atomic E-state index is -0.105. The molecule has 0 spiro atoms. The lowest BCUT2D eigenvalue weighted by molar-refractivity contribution is -0.143. The van der Waals surface area contributed by atoms with Gasteiger partial charge in [0.15, 0.2) is 0 Å². The zero-order chi connectivity index (χ0) is 13.2. The summed E-state index contributed by atoms with van der Waals surface area (Å²) < 4.78 is 4.87. The molecule has 0 unspecified atom stereocenters. The molecule has 1 aromatic carbocycles. The summed E-state index contributed by atoms with van der Waals surface area (Å²) in [4.78, 5) is 11.1. The van der Waals surface area contributed by atoms with Gasteiger partial charge < -0.3 is 10.1 Å². The number of ether oxygens (including phenoxy) is 1. The third-order valence-corrected chi connectivity index (χ3v) is 2.80. The highest BCUT2D eigenvalue weighted by molar-refractivity contribution is 5.69. The summed E-state index contributed by atoms with van der Waals surface area (Å²) in [6.45, 7) is 6.15. The lowest BCUT2D eigenvalue weighted by Crippen LogP contribution is -2.16. The van der Waals surface area contributed by atoms with E-state index in [2.05, 4.69) is 36.5 Å². The Morgan fingerprint density at radius 1 is 1.17 bits per heavy atom. The van der Waals surface area contributed by atoms with Gasteiger partial charge in [0.1, 0.15) is 0 Å². The van der Waals surface area contributed by atoms with Crippen LogP contribution in [0.2, 0.25) is 0 Å². The van der Waals surface area contributed by atoms with Gasteiger partial charge in [-0.3, -0.25) is 4.79 Å². The van der Waals surface area contributed by atoms with Crippen LogP contribution >= 0.6 is 0 Å². The Morgan fingerprint density at radius 3 is 2.44 bits per heavy atom. The van der Waals surface area contributed by atoms with Gasteiger partial charge in [-0.25, -0.2) is 0 Å². The Hall–Kier alpha value is -1.35. The van der Waals surface area contributed by atoms with Crippen LogP contribution in [-0.2, 0) is 22.5 Å². The van der Waals surface area contributed by atoms with E-state index >= 15 is 0 Å². The quantitative estimate of drug-likeness (QED) is 0.568. The van der Waals surface area contributed by atoms with Crippen LogP contribution in [-0.4, -0.2) is 19.1 Å². The van der Waals surface area contributed by atoms with Crippen molar-refractivity contribution in [3.8, 4) is 0 Å². The van der Waals surface area contributed by atoms with E-state index in [1.807, 2.05) is 6.92 Å². The van der Waals surface area contributed by atoms with Crippen LogP contribution in [0.15, 0.2) is 24.3 Å². The number of esters is 1. The maximum absolute atomic E-state index is 11.1. The smallest absolute Gasteiger partial charge is 0.305 e. The topological polar surface area (TPSA) is 38.3 Å². The van der Waals surface area contributed by atoms with Crippen LogP contribution in [0.1, 0.15) is 37.8 Å². The van der Waals surface area contributed by atoms with E-state index in [0.29, 0.717) is 13.0 Å². The normalized spacial score (nSPS) is 10.3. The van der Waals surface area contributed by atoms with E-state index in [4.69, 9.17) is 4.74 Å². The molecule has 0 radical (unpaired) electrons. The first-order chi connectivity index (χ1) is 8.76. The lowest BCUT2D eigenvalue weighted by Gasteiger charge is -2.05. The molecule has 0 atom stereocenters. The molecule has 1 rings (SSSR count). The lowest BCUT2D eigenvalue weighted by atomic mass is 10.1. The monoisotopic (exact) mass is 249 g/mol. The molecule has 0 aromatic heterocycles. The van der Waals surface area contributed by atoms with E-state index < -0.39 is 0 Å². The molecule has 0 aliphatic carbocycles. The second kappa shape index (κ2) is 8.70. The summed E-state index contributed by atoms with van der Waals surface area (Å²) in [7, 11) is 0. The van der Waals surface area contributed by atoms with Crippen molar-refractivity contribution in [1.82, 2.24) is 5.32 Å². The molecule has 0 saturated carbocycles. The van der Waals surface area contributed by atoms with Crippen molar-refractivity contribution < 1.29 is 9.53 Å². The predicted molar refractivity (Wildman–Crippen MR) is 73.4 cm³/mol. The number of nitrogens with one attached hydrogen (secondary N) is 1. The largest absolute Gasteiger partial charge is 0.466 e. The molecule has 0 fully saturated rings. The summed E-state index contributed by atoms with van der Waals surface area (Å²) in [5, 5.41) is 3.33. The first-order valence-electron chi connectivity index (χ1n) is 6.70. The summed E-state index contributed by atoms with van der Waals surface area (Å²) in [6.07, 6.45) is 2.40. The number of carbonyl (C=O) groups excluding carboxylic acids is 1. The molecule has 0 aliphatic heterocycles. The third-order valence-electron chi connectivity index (χ3n) is 2.80. The van der Waals surface area contributed by atoms with Crippen LogP contribution in [0, 0.1) is 0 Å². The number of aryl methyl sites for hydroxylation is 1. The second-order valence-electron chi connectivity index (χ2n) is 4.26. The van der Waals surface area contributed by atoms with Gasteiger partial charge in [0.2, 0.25) is 0 Å². The Bertz CT molecular complexity index is 346. The Labute approximate surface area is 110 Å². The first-order valence-corrected chi connectivity index (χ1v) is 6.70. The molecule has 100 valence electrons. The molecular formula is C15H23NO2. The van der Waals surface area contributed by atoms with Gasteiger partial charge >= 0.3 is 5.97 Å². The number of hydrogen-bond donors (Lipinski definition) is 1. The van der Waals surface area contributed by atoms with Gasteiger partial charge in [-0.2, -0.15) is 0 Å². The van der Waals surface area contributed by atoms with Crippen LogP contribution in [0.5, 0.6) is 0 Å².